The molecule has 0 radical (unpaired) electrons. The molecule has 0 atom stereocenters. The lowest BCUT2D eigenvalue weighted by atomic mass is 10.1. The van der Waals surface area contributed by atoms with Crippen LogP contribution in [0.2, 0.25) is 0 Å². The summed E-state index contributed by atoms with van der Waals surface area (Å²) in [5.41, 5.74) is 2.72. The largest absolute Gasteiger partial charge is 0.356 e. The highest BCUT2D eigenvalue weighted by atomic mass is 15.2. The normalized spacial score (nSPS) is 15.4. The van der Waals surface area contributed by atoms with Crippen molar-refractivity contribution in [1.29, 1.82) is 0 Å². The quantitative estimate of drug-likeness (QED) is 0.327. The number of nitrogens with one attached hydrogen (secondary N) is 2. The maximum Gasteiger partial charge on any atom is 0.191 e. The monoisotopic (exact) mass is 387 g/mol. The average Bonchev–Trinajstić information content (AvgIpc) is 3.20. The first-order valence-corrected chi connectivity index (χ1v) is 11.1. The van der Waals surface area contributed by atoms with Crippen LogP contribution in [0.3, 0.4) is 0 Å². The fourth-order valence-electron chi connectivity index (χ4n) is 3.66. The molecule has 1 aliphatic rings. The maximum absolute atomic E-state index is 4.34. The van der Waals surface area contributed by atoms with Crippen LogP contribution in [0.1, 0.15) is 56.1 Å². The second kappa shape index (κ2) is 13.6. The predicted molar refractivity (Wildman–Crippen MR) is 121 cm³/mol. The van der Waals surface area contributed by atoms with Gasteiger partial charge in [0.25, 0.3) is 0 Å². The van der Waals surface area contributed by atoms with Gasteiger partial charge in [0, 0.05) is 26.7 Å². The van der Waals surface area contributed by atoms with Gasteiger partial charge < -0.3 is 15.5 Å². The van der Waals surface area contributed by atoms with E-state index in [1.54, 1.807) is 0 Å². The van der Waals surface area contributed by atoms with E-state index in [0.717, 1.165) is 25.6 Å². The second-order valence-corrected chi connectivity index (χ2v) is 8.22. The molecule has 158 valence electrons. The number of nitrogens with zero attached hydrogens (tertiary/aromatic N) is 3. The van der Waals surface area contributed by atoms with Crippen molar-refractivity contribution in [3.8, 4) is 0 Å². The molecular weight excluding hydrogens is 346 g/mol. The fourth-order valence-corrected chi connectivity index (χ4v) is 3.66. The van der Waals surface area contributed by atoms with Crippen molar-refractivity contribution in [2.45, 2.75) is 58.0 Å². The SMILES string of the molecule is CN=C(NCCCCCCCN(C)C)NCc1ccc(CN2CCCC2)cc1. The molecule has 0 bridgehead atoms. The van der Waals surface area contributed by atoms with Crippen molar-refractivity contribution in [3.05, 3.63) is 35.4 Å². The highest BCUT2D eigenvalue weighted by Crippen LogP contribution is 2.13. The number of benzene rings is 1. The zero-order valence-corrected chi connectivity index (χ0v) is 18.3. The van der Waals surface area contributed by atoms with E-state index in [-0.39, 0.29) is 0 Å². The van der Waals surface area contributed by atoms with Gasteiger partial charge in [-0.25, -0.2) is 0 Å². The minimum Gasteiger partial charge on any atom is -0.356 e. The van der Waals surface area contributed by atoms with Crippen LogP contribution in [0.25, 0.3) is 0 Å². The lowest BCUT2D eigenvalue weighted by molar-refractivity contribution is 0.331. The summed E-state index contributed by atoms with van der Waals surface area (Å²) in [6, 6.07) is 9.00. The molecule has 0 aliphatic carbocycles. The minimum atomic E-state index is 0.814. The third-order valence-corrected chi connectivity index (χ3v) is 5.39. The standard InChI is InChI=1S/C23H41N5/c1-24-23(25-15-7-5-4-6-8-16-27(2)3)26-19-21-11-13-22(14-12-21)20-28-17-9-10-18-28/h11-14H,4-10,15-20H2,1-3H3,(H2,24,25,26). The molecule has 0 saturated carbocycles. The molecule has 1 aliphatic heterocycles. The Morgan fingerprint density at radius 1 is 0.929 bits per heavy atom. The van der Waals surface area contributed by atoms with E-state index in [2.05, 4.69) is 63.8 Å². The molecule has 2 rings (SSSR count). The summed E-state index contributed by atoms with van der Waals surface area (Å²) in [4.78, 5) is 9.14. The molecule has 5 heteroatoms. The van der Waals surface area contributed by atoms with Crippen molar-refractivity contribution in [2.75, 3.05) is 47.3 Å². The van der Waals surface area contributed by atoms with Gasteiger partial charge in [0.15, 0.2) is 5.96 Å². The maximum atomic E-state index is 4.34. The van der Waals surface area contributed by atoms with E-state index in [1.165, 1.54) is 75.7 Å². The minimum absolute atomic E-state index is 0.814. The summed E-state index contributed by atoms with van der Waals surface area (Å²) in [5, 5.41) is 6.86. The zero-order valence-electron chi connectivity index (χ0n) is 18.3. The number of unbranched alkanes of at least 4 members (excludes halogenated alkanes) is 4. The van der Waals surface area contributed by atoms with Gasteiger partial charge in [0.1, 0.15) is 0 Å². The summed E-state index contributed by atoms with van der Waals surface area (Å²) in [7, 11) is 6.13. The third kappa shape index (κ3) is 9.56. The van der Waals surface area contributed by atoms with Crippen LogP contribution in [0.5, 0.6) is 0 Å². The number of rotatable bonds is 12. The van der Waals surface area contributed by atoms with Gasteiger partial charge in [-0.3, -0.25) is 9.89 Å². The number of guanidine groups is 1. The van der Waals surface area contributed by atoms with E-state index in [9.17, 15) is 0 Å². The second-order valence-electron chi connectivity index (χ2n) is 8.22. The third-order valence-electron chi connectivity index (χ3n) is 5.39. The number of aliphatic imine (C=N–C) groups is 1. The van der Waals surface area contributed by atoms with Crippen LogP contribution < -0.4 is 10.6 Å². The van der Waals surface area contributed by atoms with E-state index in [4.69, 9.17) is 0 Å². The van der Waals surface area contributed by atoms with Crippen LogP contribution in [0.4, 0.5) is 0 Å². The number of likely N-dealkylation sites (tertiary alicyclic amines) is 1. The fraction of sp³-hybridized carbons (Fsp3) is 0.696. The van der Waals surface area contributed by atoms with E-state index >= 15 is 0 Å². The molecule has 1 aromatic carbocycles. The Hall–Kier alpha value is -1.59. The lowest BCUT2D eigenvalue weighted by Gasteiger charge is -2.15. The van der Waals surface area contributed by atoms with Crippen molar-refractivity contribution >= 4 is 5.96 Å². The van der Waals surface area contributed by atoms with E-state index in [0.29, 0.717) is 0 Å². The van der Waals surface area contributed by atoms with Gasteiger partial charge >= 0.3 is 0 Å². The molecule has 1 fully saturated rings. The van der Waals surface area contributed by atoms with Crippen molar-refractivity contribution in [1.82, 2.24) is 20.4 Å². The van der Waals surface area contributed by atoms with E-state index < -0.39 is 0 Å². The first kappa shape index (κ1) is 22.7. The van der Waals surface area contributed by atoms with Crippen LogP contribution in [-0.4, -0.2) is 63.1 Å². The Morgan fingerprint density at radius 3 is 2.25 bits per heavy atom. The van der Waals surface area contributed by atoms with Crippen LogP contribution in [0.15, 0.2) is 29.3 Å². The smallest absolute Gasteiger partial charge is 0.191 e. The van der Waals surface area contributed by atoms with Crippen LogP contribution >= 0.6 is 0 Å². The van der Waals surface area contributed by atoms with Crippen molar-refractivity contribution < 1.29 is 0 Å². The highest BCUT2D eigenvalue weighted by Gasteiger charge is 2.11. The van der Waals surface area contributed by atoms with E-state index in [1.807, 2.05) is 7.05 Å². The number of hydrogen-bond donors (Lipinski definition) is 2. The molecule has 1 aromatic rings. The first-order chi connectivity index (χ1) is 13.7. The van der Waals surface area contributed by atoms with Crippen LogP contribution in [-0.2, 0) is 13.1 Å². The Balaban J connectivity index is 1.56. The Bertz CT molecular complexity index is 547. The molecule has 28 heavy (non-hydrogen) atoms. The summed E-state index contributed by atoms with van der Waals surface area (Å²) in [6.07, 6.45) is 9.16. The van der Waals surface area contributed by atoms with Gasteiger partial charge in [-0.15, -0.1) is 0 Å². The zero-order chi connectivity index (χ0) is 20.0. The van der Waals surface area contributed by atoms with Gasteiger partial charge in [-0.1, -0.05) is 43.5 Å². The summed E-state index contributed by atoms with van der Waals surface area (Å²) in [5.74, 6) is 0.897. The van der Waals surface area contributed by atoms with Crippen LogP contribution in [0, 0.1) is 0 Å². The topological polar surface area (TPSA) is 42.9 Å². The first-order valence-electron chi connectivity index (χ1n) is 11.1. The molecule has 0 amide bonds. The van der Waals surface area contributed by atoms with Gasteiger partial charge in [0.05, 0.1) is 0 Å². The van der Waals surface area contributed by atoms with Gasteiger partial charge in [0.2, 0.25) is 0 Å². The summed E-state index contributed by atoms with van der Waals surface area (Å²) >= 11 is 0. The number of hydrogen-bond acceptors (Lipinski definition) is 3. The Labute approximate surface area is 172 Å². The molecule has 5 nitrogen and oxygen atoms in total. The Kier molecular flexibility index (Phi) is 11.0. The molecule has 0 spiro atoms. The summed E-state index contributed by atoms with van der Waals surface area (Å²) < 4.78 is 0. The van der Waals surface area contributed by atoms with Crippen molar-refractivity contribution in [2.24, 2.45) is 4.99 Å². The average molecular weight is 388 g/mol. The molecular formula is C23H41N5. The Morgan fingerprint density at radius 2 is 1.57 bits per heavy atom. The van der Waals surface area contributed by atoms with Crippen molar-refractivity contribution in [3.63, 3.8) is 0 Å². The molecule has 0 unspecified atom stereocenters. The molecule has 2 N–H and O–H groups in total. The highest BCUT2D eigenvalue weighted by molar-refractivity contribution is 5.79. The summed E-state index contributed by atoms with van der Waals surface area (Å²) in [6.45, 7) is 6.60. The lowest BCUT2D eigenvalue weighted by Crippen LogP contribution is -2.37. The van der Waals surface area contributed by atoms with Gasteiger partial charge in [-0.2, -0.15) is 0 Å². The predicted octanol–water partition coefficient (Wildman–Crippen LogP) is 3.46. The molecule has 0 aromatic heterocycles. The van der Waals surface area contributed by atoms with Gasteiger partial charge in [-0.05, 0) is 70.5 Å². The molecule has 1 saturated heterocycles. The molecule has 1 heterocycles.